The third-order valence-electron chi connectivity index (χ3n) is 6.03. The standard InChI is InChI=1S/C20H29F/c1-2-15-3-5-16(6-4-15)7-8-17-9-10-18-11-12-20(21)14-19(18)13-17/h11-12,14-17H,2-10,13H2,1H3. The van der Waals surface area contributed by atoms with Crippen molar-refractivity contribution in [3.63, 3.8) is 0 Å². The second kappa shape index (κ2) is 6.94. The molecule has 1 heteroatoms. The number of hydrogen-bond donors (Lipinski definition) is 0. The Bertz CT molecular complexity index is 457. The Morgan fingerprint density at radius 1 is 0.905 bits per heavy atom. The molecule has 0 bridgehead atoms. The zero-order valence-electron chi connectivity index (χ0n) is 13.4. The molecule has 1 fully saturated rings. The summed E-state index contributed by atoms with van der Waals surface area (Å²) in [6.07, 6.45) is 13.5. The first-order valence-corrected chi connectivity index (χ1v) is 9.02. The van der Waals surface area contributed by atoms with Crippen molar-refractivity contribution in [2.24, 2.45) is 17.8 Å². The number of aryl methyl sites for hydroxylation is 1. The molecule has 1 aromatic rings. The highest BCUT2D eigenvalue weighted by atomic mass is 19.1. The molecular formula is C20H29F. The lowest BCUT2D eigenvalue weighted by atomic mass is 9.76. The predicted molar refractivity (Wildman–Crippen MR) is 86.9 cm³/mol. The molecule has 0 heterocycles. The molecule has 0 aliphatic heterocycles. The van der Waals surface area contributed by atoms with E-state index in [9.17, 15) is 4.39 Å². The van der Waals surface area contributed by atoms with Gasteiger partial charge in [0.25, 0.3) is 0 Å². The summed E-state index contributed by atoms with van der Waals surface area (Å²) in [6, 6.07) is 5.38. The molecular weight excluding hydrogens is 259 g/mol. The predicted octanol–water partition coefficient (Wildman–Crippen LogP) is 5.93. The quantitative estimate of drug-likeness (QED) is 0.644. The van der Waals surface area contributed by atoms with Crippen LogP contribution in [0.2, 0.25) is 0 Å². The Labute approximate surface area is 129 Å². The number of rotatable bonds is 4. The maximum atomic E-state index is 13.4. The van der Waals surface area contributed by atoms with E-state index in [1.807, 2.05) is 6.07 Å². The summed E-state index contributed by atoms with van der Waals surface area (Å²) >= 11 is 0. The molecule has 1 atom stereocenters. The van der Waals surface area contributed by atoms with Crippen LogP contribution in [0.25, 0.3) is 0 Å². The summed E-state index contributed by atoms with van der Waals surface area (Å²) in [7, 11) is 0. The minimum Gasteiger partial charge on any atom is -0.207 e. The number of fused-ring (bicyclic) bond motifs is 1. The zero-order chi connectivity index (χ0) is 14.7. The van der Waals surface area contributed by atoms with Gasteiger partial charge in [-0.15, -0.1) is 0 Å². The van der Waals surface area contributed by atoms with E-state index >= 15 is 0 Å². The molecule has 1 unspecified atom stereocenters. The minimum absolute atomic E-state index is 0.0627. The van der Waals surface area contributed by atoms with E-state index in [2.05, 4.69) is 6.92 Å². The van der Waals surface area contributed by atoms with E-state index < -0.39 is 0 Å². The third kappa shape index (κ3) is 3.87. The zero-order valence-corrected chi connectivity index (χ0v) is 13.4. The summed E-state index contributed by atoms with van der Waals surface area (Å²) in [4.78, 5) is 0. The Hall–Kier alpha value is -0.850. The van der Waals surface area contributed by atoms with Crippen LogP contribution in [0.15, 0.2) is 18.2 Å². The molecule has 2 aliphatic carbocycles. The second-order valence-electron chi connectivity index (χ2n) is 7.39. The van der Waals surface area contributed by atoms with Crippen molar-refractivity contribution in [3.05, 3.63) is 35.1 Å². The van der Waals surface area contributed by atoms with Gasteiger partial charge in [-0.05, 0) is 66.7 Å². The van der Waals surface area contributed by atoms with E-state index in [1.54, 1.807) is 12.1 Å². The number of hydrogen-bond acceptors (Lipinski definition) is 0. The van der Waals surface area contributed by atoms with Crippen LogP contribution in [0.3, 0.4) is 0 Å². The highest BCUT2D eigenvalue weighted by Crippen LogP contribution is 2.36. The van der Waals surface area contributed by atoms with Gasteiger partial charge in [0.2, 0.25) is 0 Å². The maximum absolute atomic E-state index is 13.4. The largest absolute Gasteiger partial charge is 0.207 e. The third-order valence-corrected chi connectivity index (χ3v) is 6.03. The molecule has 1 saturated carbocycles. The second-order valence-corrected chi connectivity index (χ2v) is 7.39. The van der Waals surface area contributed by atoms with Crippen molar-refractivity contribution in [2.75, 3.05) is 0 Å². The molecule has 0 spiro atoms. The Balaban J connectivity index is 1.47. The Kier molecular flexibility index (Phi) is 4.98. The fraction of sp³-hybridized carbons (Fsp3) is 0.700. The van der Waals surface area contributed by atoms with Crippen molar-refractivity contribution in [1.29, 1.82) is 0 Å². The molecule has 0 N–H and O–H groups in total. The molecule has 1 aromatic carbocycles. The fourth-order valence-electron chi connectivity index (χ4n) is 4.45. The fourth-order valence-corrected chi connectivity index (χ4v) is 4.45. The lowest BCUT2D eigenvalue weighted by molar-refractivity contribution is 0.241. The Morgan fingerprint density at radius 2 is 1.62 bits per heavy atom. The Morgan fingerprint density at radius 3 is 2.38 bits per heavy atom. The van der Waals surface area contributed by atoms with Crippen LogP contribution in [-0.2, 0) is 12.8 Å². The molecule has 116 valence electrons. The summed E-state index contributed by atoms with van der Waals surface area (Å²) in [5, 5.41) is 0. The van der Waals surface area contributed by atoms with E-state index in [0.717, 1.165) is 30.6 Å². The SMILES string of the molecule is CCC1CCC(CCC2CCc3ccc(F)cc3C2)CC1. The molecule has 0 amide bonds. The van der Waals surface area contributed by atoms with Crippen LogP contribution in [0, 0.1) is 23.6 Å². The molecule has 0 saturated heterocycles. The van der Waals surface area contributed by atoms with E-state index in [1.165, 1.54) is 62.5 Å². The average molecular weight is 288 g/mol. The van der Waals surface area contributed by atoms with Gasteiger partial charge in [-0.2, -0.15) is 0 Å². The van der Waals surface area contributed by atoms with Crippen LogP contribution < -0.4 is 0 Å². The van der Waals surface area contributed by atoms with Crippen molar-refractivity contribution >= 4 is 0 Å². The first-order chi connectivity index (χ1) is 10.2. The lowest BCUT2D eigenvalue weighted by Gasteiger charge is -2.30. The van der Waals surface area contributed by atoms with Crippen molar-refractivity contribution < 1.29 is 4.39 Å². The molecule has 0 aromatic heterocycles. The van der Waals surface area contributed by atoms with Gasteiger partial charge in [0, 0.05) is 0 Å². The van der Waals surface area contributed by atoms with Crippen molar-refractivity contribution in [2.45, 2.75) is 71.1 Å². The van der Waals surface area contributed by atoms with Gasteiger partial charge in [-0.25, -0.2) is 4.39 Å². The van der Waals surface area contributed by atoms with Gasteiger partial charge >= 0.3 is 0 Å². The van der Waals surface area contributed by atoms with Crippen LogP contribution in [0.5, 0.6) is 0 Å². The number of benzene rings is 1. The molecule has 0 radical (unpaired) electrons. The van der Waals surface area contributed by atoms with Gasteiger partial charge in [0.1, 0.15) is 5.82 Å². The van der Waals surface area contributed by atoms with Crippen molar-refractivity contribution in [3.8, 4) is 0 Å². The number of halogens is 1. The van der Waals surface area contributed by atoms with Crippen LogP contribution in [0.1, 0.15) is 69.4 Å². The summed E-state index contributed by atoms with van der Waals surface area (Å²) in [5.74, 6) is 2.71. The summed E-state index contributed by atoms with van der Waals surface area (Å²) in [6.45, 7) is 2.34. The molecule has 2 aliphatic rings. The highest BCUT2D eigenvalue weighted by Gasteiger charge is 2.23. The van der Waals surface area contributed by atoms with E-state index in [4.69, 9.17) is 0 Å². The van der Waals surface area contributed by atoms with Crippen molar-refractivity contribution in [1.82, 2.24) is 0 Å². The molecule has 0 nitrogen and oxygen atoms in total. The van der Waals surface area contributed by atoms with Gasteiger partial charge in [-0.1, -0.05) is 51.5 Å². The van der Waals surface area contributed by atoms with E-state index in [0.29, 0.717) is 0 Å². The smallest absolute Gasteiger partial charge is 0.123 e. The van der Waals surface area contributed by atoms with Crippen LogP contribution >= 0.6 is 0 Å². The topological polar surface area (TPSA) is 0 Å². The van der Waals surface area contributed by atoms with Gasteiger partial charge in [0.15, 0.2) is 0 Å². The molecule has 21 heavy (non-hydrogen) atoms. The molecule has 3 rings (SSSR count). The van der Waals surface area contributed by atoms with E-state index in [-0.39, 0.29) is 5.82 Å². The monoisotopic (exact) mass is 288 g/mol. The minimum atomic E-state index is -0.0627. The maximum Gasteiger partial charge on any atom is 0.123 e. The van der Waals surface area contributed by atoms with Gasteiger partial charge < -0.3 is 0 Å². The first-order valence-electron chi connectivity index (χ1n) is 9.02. The summed E-state index contributed by atoms with van der Waals surface area (Å²) < 4.78 is 13.4. The lowest BCUT2D eigenvalue weighted by Crippen LogP contribution is -2.18. The first kappa shape index (κ1) is 15.1. The average Bonchev–Trinajstić information content (AvgIpc) is 2.53. The van der Waals surface area contributed by atoms with Gasteiger partial charge in [0.05, 0.1) is 0 Å². The van der Waals surface area contributed by atoms with Crippen LogP contribution in [0.4, 0.5) is 4.39 Å². The summed E-state index contributed by atoms with van der Waals surface area (Å²) in [5.41, 5.74) is 2.66. The van der Waals surface area contributed by atoms with Crippen LogP contribution in [-0.4, -0.2) is 0 Å². The van der Waals surface area contributed by atoms with Gasteiger partial charge in [-0.3, -0.25) is 0 Å². The normalized spacial score (nSPS) is 29.1. The highest BCUT2D eigenvalue weighted by molar-refractivity contribution is 5.30.